The van der Waals surface area contributed by atoms with Crippen LogP contribution in [0.4, 0.5) is 0 Å². The molecule has 110 valence electrons. The quantitative estimate of drug-likeness (QED) is 0.567. The summed E-state index contributed by atoms with van der Waals surface area (Å²) in [6.07, 6.45) is 2.14. The summed E-state index contributed by atoms with van der Waals surface area (Å²) in [5.74, 6) is 1.54. The first-order valence-corrected chi connectivity index (χ1v) is 7.16. The predicted octanol–water partition coefficient (Wildman–Crippen LogP) is 4.11. The van der Waals surface area contributed by atoms with Gasteiger partial charge in [-0.15, -0.1) is 0 Å². The fourth-order valence-corrected chi connectivity index (χ4v) is 1.95. The van der Waals surface area contributed by atoms with Gasteiger partial charge in [0.15, 0.2) is 5.78 Å². The summed E-state index contributed by atoms with van der Waals surface area (Å²) < 4.78 is 10.7. The SMILES string of the molecule is CCCCOc1ccc(C(=O)c2ccc(OC)cc2)cc1. The predicted molar refractivity (Wildman–Crippen MR) is 83.3 cm³/mol. The second kappa shape index (κ2) is 7.48. The molecule has 3 heteroatoms. The lowest BCUT2D eigenvalue weighted by molar-refractivity contribution is 0.103. The Morgan fingerprint density at radius 3 is 1.90 bits per heavy atom. The molecule has 0 N–H and O–H groups in total. The average molecular weight is 284 g/mol. The summed E-state index contributed by atoms with van der Waals surface area (Å²) in [6, 6.07) is 14.4. The zero-order chi connectivity index (χ0) is 15.1. The molecule has 0 aliphatic carbocycles. The van der Waals surface area contributed by atoms with Crippen molar-refractivity contribution in [1.82, 2.24) is 0 Å². The minimum atomic E-state index is -0.00207. The van der Waals surface area contributed by atoms with Crippen molar-refractivity contribution in [2.24, 2.45) is 0 Å². The highest BCUT2D eigenvalue weighted by atomic mass is 16.5. The van der Waals surface area contributed by atoms with Crippen LogP contribution < -0.4 is 9.47 Å². The highest BCUT2D eigenvalue weighted by Gasteiger charge is 2.09. The van der Waals surface area contributed by atoms with E-state index in [2.05, 4.69) is 6.92 Å². The summed E-state index contributed by atoms with van der Waals surface area (Å²) in [6.45, 7) is 2.84. The normalized spacial score (nSPS) is 10.2. The van der Waals surface area contributed by atoms with Crippen molar-refractivity contribution in [1.29, 1.82) is 0 Å². The standard InChI is InChI=1S/C18H20O3/c1-3-4-13-21-17-11-7-15(8-12-17)18(19)14-5-9-16(20-2)10-6-14/h5-12H,3-4,13H2,1-2H3. The molecule has 0 heterocycles. The second-order valence-corrected chi connectivity index (χ2v) is 4.78. The average Bonchev–Trinajstić information content (AvgIpc) is 2.55. The third-order valence-corrected chi connectivity index (χ3v) is 3.24. The van der Waals surface area contributed by atoms with Gasteiger partial charge in [0.05, 0.1) is 13.7 Å². The molecule has 0 aromatic heterocycles. The molecule has 0 aliphatic heterocycles. The van der Waals surface area contributed by atoms with Crippen LogP contribution in [0.15, 0.2) is 48.5 Å². The van der Waals surface area contributed by atoms with Crippen LogP contribution in [-0.4, -0.2) is 19.5 Å². The molecule has 0 saturated heterocycles. The Balaban J connectivity index is 2.04. The number of rotatable bonds is 7. The van der Waals surface area contributed by atoms with Crippen molar-refractivity contribution in [2.75, 3.05) is 13.7 Å². The Labute approximate surface area is 125 Å². The van der Waals surface area contributed by atoms with Crippen LogP contribution in [0, 0.1) is 0 Å². The van der Waals surface area contributed by atoms with E-state index in [9.17, 15) is 4.79 Å². The number of ether oxygens (including phenoxy) is 2. The molecular weight excluding hydrogens is 264 g/mol. The third-order valence-electron chi connectivity index (χ3n) is 3.24. The number of carbonyl (C=O) groups excluding carboxylic acids is 1. The van der Waals surface area contributed by atoms with E-state index < -0.39 is 0 Å². The lowest BCUT2D eigenvalue weighted by Crippen LogP contribution is -2.02. The molecule has 3 nitrogen and oxygen atoms in total. The first-order valence-electron chi connectivity index (χ1n) is 7.16. The van der Waals surface area contributed by atoms with Crippen LogP contribution >= 0.6 is 0 Å². The number of hydrogen-bond acceptors (Lipinski definition) is 3. The zero-order valence-electron chi connectivity index (χ0n) is 12.5. The molecule has 0 unspecified atom stereocenters. The first kappa shape index (κ1) is 15.1. The molecular formula is C18H20O3. The summed E-state index contributed by atoms with van der Waals surface area (Å²) in [5.41, 5.74) is 1.30. The van der Waals surface area contributed by atoms with Gasteiger partial charge in [-0.2, -0.15) is 0 Å². The molecule has 0 aliphatic rings. The maximum absolute atomic E-state index is 12.3. The van der Waals surface area contributed by atoms with Gasteiger partial charge in [-0.3, -0.25) is 4.79 Å². The minimum absolute atomic E-state index is 0.00207. The van der Waals surface area contributed by atoms with Crippen molar-refractivity contribution in [3.8, 4) is 11.5 Å². The lowest BCUT2D eigenvalue weighted by atomic mass is 10.0. The van der Waals surface area contributed by atoms with E-state index in [0.29, 0.717) is 17.7 Å². The zero-order valence-corrected chi connectivity index (χ0v) is 12.5. The third kappa shape index (κ3) is 4.09. The second-order valence-electron chi connectivity index (χ2n) is 4.78. The molecule has 2 aromatic rings. The maximum Gasteiger partial charge on any atom is 0.193 e. The van der Waals surface area contributed by atoms with E-state index in [4.69, 9.17) is 9.47 Å². The van der Waals surface area contributed by atoms with Crippen LogP contribution in [0.5, 0.6) is 11.5 Å². The largest absolute Gasteiger partial charge is 0.497 e. The fraction of sp³-hybridized carbons (Fsp3) is 0.278. The Morgan fingerprint density at radius 1 is 0.905 bits per heavy atom. The number of benzene rings is 2. The Bertz CT molecular complexity index is 570. The van der Waals surface area contributed by atoms with E-state index in [-0.39, 0.29) is 5.78 Å². The van der Waals surface area contributed by atoms with Crippen LogP contribution in [0.1, 0.15) is 35.7 Å². The molecule has 2 rings (SSSR count). The highest BCUT2D eigenvalue weighted by Crippen LogP contribution is 2.18. The number of ketones is 1. The summed E-state index contributed by atoms with van der Waals surface area (Å²) in [4.78, 5) is 12.3. The van der Waals surface area contributed by atoms with Gasteiger partial charge >= 0.3 is 0 Å². The van der Waals surface area contributed by atoms with Crippen molar-refractivity contribution < 1.29 is 14.3 Å². The molecule has 0 fully saturated rings. The Kier molecular flexibility index (Phi) is 5.38. The van der Waals surface area contributed by atoms with Gasteiger partial charge in [-0.05, 0) is 55.0 Å². The summed E-state index contributed by atoms with van der Waals surface area (Å²) in [7, 11) is 1.61. The van der Waals surface area contributed by atoms with Gasteiger partial charge in [-0.25, -0.2) is 0 Å². The maximum atomic E-state index is 12.3. The van der Waals surface area contributed by atoms with Gasteiger partial charge < -0.3 is 9.47 Å². The Hall–Kier alpha value is -2.29. The van der Waals surface area contributed by atoms with Gasteiger partial charge in [0.2, 0.25) is 0 Å². The van der Waals surface area contributed by atoms with E-state index >= 15 is 0 Å². The van der Waals surface area contributed by atoms with E-state index in [1.165, 1.54) is 0 Å². The molecule has 0 amide bonds. The fourth-order valence-electron chi connectivity index (χ4n) is 1.95. The van der Waals surface area contributed by atoms with Gasteiger partial charge in [0.1, 0.15) is 11.5 Å². The molecule has 0 saturated carbocycles. The Morgan fingerprint density at radius 2 is 1.43 bits per heavy atom. The van der Waals surface area contributed by atoms with E-state index in [0.717, 1.165) is 24.3 Å². The van der Waals surface area contributed by atoms with Crippen LogP contribution in [0.3, 0.4) is 0 Å². The van der Waals surface area contributed by atoms with Crippen molar-refractivity contribution in [3.63, 3.8) is 0 Å². The molecule has 0 spiro atoms. The molecule has 2 aromatic carbocycles. The van der Waals surface area contributed by atoms with E-state index in [1.807, 2.05) is 12.1 Å². The minimum Gasteiger partial charge on any atom is -0.497 e. The lowest BCUT2D eigenvalue weighted by Gasteiger charge is -2.07. The van der Waals surface area contributed by atoms with E-state index in [1.54, 1.807) is 43.5 Å². The van der Waals surface area contributed by atoms with Gasteiger partial charge in [0.25, 0.3) is 0 Å². The van der Waals surface area contributed by atoms with Crippen molar-refractivity contribution in [2.45, 2.75) is 19.8 Å². The van der Waals surface area contributed by atoms with Crippen LogP contribution in [0.25, 0.3) is 0 Å². The number of unbranched alkanes of at least 4 members (excludes halogenated alkanes) is 1. The van der Waals surface area contributed by atoms with Gasteiger partial charge in [0, 0.05) is 11.1 Å². The van der Waals surface area contributed by atoms with Crippen LogP contribution in [0.2, 0.25) is 0 Å². The number of carbonyl (C=O) groups is 1. The van der Waals surface area contributed by atoms with Crippen LogP contribution in [-0.2, 0) is 0 Å². The van der Waals surface area contributed by atoms with Crippen molar-refractivity contribution in [3.05, 3.63) is 59.7 Å². The number of methoxy groups -OCH3 is 1. The topological polar surface area (TPSA) is 35.5 Å². The van der Waals surface area contributed by atoms with Crippen molar-refractivity contribution >= 4 is 5.78 Å². The molecule has 0 radical (unpaired) electrons. The molecule has 0 atom stereocenters. The summed E-state index contributed by atoms with van der Waals surface area (Å²) >= 11 is 0. The highest BCUT2D eigenvalue weighted by molar-refractivity contribution is 6.09. The molecule has 21 heavy (non-hydrogen) atoms. The summed E-state index contributed by atoms with van der Waals surface area (Å²) in [5, 5.41) is 0. The number of hydrogen-bond donors (Lipinski definition) is 0. The van der Waals surface area contributed by atoms with Gasteiger partial charge in [-0.1, -0.05) is 13.3 Å². The first-order chi connectivity index (χ1) is 10.2. The monoisotopic (exact) mass is 284 g/mol. The smallest absolute Gasteiger partial charge is 0.193 e. The molecule has 0 bridgehead atoms.